The molecule has 1 fully saturated rings. The molecule has 0 spiro atoms. The number of nitrogens with zero attached hydrogens (tertiary/aromatic N) is 1. The third-order valence-electron chi connectivity index (χ3n) is 1.69. The van der Waals surface area contributed by atoms with Crippen LogP contribution in [0.3, 0.4) is 0 Å². The van der Waals surface area contributed by atoms with E-state index in [0.717, 1.165) is 0 Å². The maximum absolute atomic E-state index is 11.2. The third-order valence-corrected chi connectivity index (χ3v) is 1.89. The Balaban J connectivity index is 2.52. The zero-order valence-corrected chi connectivity index (χ0v) is 8.17. The molecule has 0 saturated carbocycles. The molecule has 1 rings (SSSR count). The van der Waals surface area contributed by atoms with Crippen molar-refractivity contribution in [2.45, 2.75) is 20.2 Å². The van der Waals surface area contributed by atoms with Gasteiger partial charge in [0.25, 0.3) is 0 Å². The van der Waals surface area contributed by atoms with Gasteiger partial charge in [0.2, 0.25) is 12.3 Å². The third kappa shape index (κ3) is 2.12. The van der Waals surface area contributed by atoms with Crippen molar-refractivity contribution in [3.63, 3.8) is 0 Å². The molecule has 70 valence electrons. The van der Waals surface area contributed by atoms with Crippen LogP contribution < -0.4 is 5.32 Å². The van der Waals surface area contributed by atoms with Crippen LogP contribution in [0.2, 0.25) is 0 Å². The van der Waals surface area contributed by atoms with Crippen LogP contribution in [-0.4, -0.2) is 30.2 Å². The highest BCUT2D eigenvalue weighted by Gasteiger charge is 2.30. The molecule has 0 aromatic heterocycles. The van der Waals surface area contributed by atoms with Gasteiger partial charge in [-0.15, -0.1) is 0 Å². The lowest BCUT2D eigenvalue weighted by Crippen LogP contribution is -2.39. The van der Waals surface area contributed by atoms with Crippen LogP contribution in [-0.2, 0) is 8.98 Å². The van der Waals surface area contributed by atoms with E-state index in [-0.39, 0.29) is 12.3 Å². The summed E-state index contributed by atoms with van der Waals surface area (Å²) < 4.78 is 4.78. The van der Waals surface area contributed by atoms with Crippen molar-refractivity contribution in [1.29, 1.82) is 0 Å². The van der Waals surface area contributed by atoms with Crippen molar-refractivity contribution in [3.05, 3.63) is 0 Å². The number of hydrogen-bond donors (Lipinski definition) is 2. The molecule has 1 amide bonds. The lowest BCUT2D eigenvalue weighted by molar-refractivity contribution is -0.131. The summed E-state index contributed by atoms with van der Waals surface area (Å²) in [7, 11) is 0. The van der Waals surface area contributed by atoms with E-state index in [1.165, 1.54) is 0 Å². The fourth-order valence-corrected chi connectivity index (χ4v) is 1.39. The fraction of sp³-hybridized carbons (Fsp3) is 0.857. The number of amides is 1. The maximum Gasteiger partial charge on any atom is 0.239 e. The summed E-state index contributed by atoms with van der Waals surface area (Å²) in [6.07, 6.45) is -0.358. The van der Waals surface area contributed by atoms with E-state index in [9.17, 15) is 4.79 Å². The van der Waals surface area contributed by atoms with Crippen LogP contribution in [0.1, 0.15) is 13.8 Å². The Morgan fingerprint density at radius 1 is 1.83 bits per heavy atom. The average Bonchev–Trinajstić information content (AvgIpc) is 2.32. The number of nitrogens with one attached hydrogen (secondary N) is 1. The van der Waals surface area contributed by atoms with Gasteiger partial charge in [0, 0.05) is 6.54 Å². The molecule has 1 unspecified atom stereocenters. The maximum atomic E-state index is 11.2. The molecule has 12 heavy (non-hydrogen) atoms. The minimum atomic E-state index is -0.358. The van der Waals surface area contributed by atoms with E-state index in [1.54, 1.807) is 4.90 Å². The predicted molar refractivity (Wildman–Crippen MR) is 48.4 cm³/mol. The highest BCUT2D eigenvalue weighted by molar-refractivity contribution is 7.75. The molecule has 0 aromatic rings. The second-order valence-electron chi connectivity index (χ2n) is 3.28. The Hall–Kier alpha value is -0.260. The van der Waals surface area contributed by atoms with Crippen LogP contribution >= 0.6 is 12.9 Å². The van der Waals surface area contributed by atoms with Gasteiger partial charge in [0.15, 0.2) is 0 Å². The Morgan fingerprint density at radius 2 is 2.50 bits per heavy atom. The number of carbonyl (C=O) groups excluding carboxylic acids is 1. The molecule has 4 nitrogen and oxygen atoms in total. The fourth-order valence-electron chi connectivity index (χ4n) is 1.20. The molecule has 1 aliphatic rings. The Labute approximate surface area is 77.9 Å². The minimum absolute atomic E-state index is 0.0720. The van der Waals surface area contributed by atoms with Crippen molar-refractivity contribution < 1.29 is 8.98 Å². The smallest absolute Gasteiger partial charge is 0.239 e. The summed E-state index contributed by atoms with van der Waals surface area (Å²) in [6, 6.07) is 0. The largest absolute Gasteiger partial charge is 0.302 e. The Morgan fingerprint density at radius 3 is 3.00 bits per heavy atom. The topological polar surface area (TPSA) is 41.6 Å². The number of rotatable bonds is 3. The Kier molecular flexibility index (Phi) is 3.37. The Bertz CT molecular complexity index is 175. The lowest BCUT2D eigenvalue weighted by atomic mass is 10.2. The normalized spacial score (nSPS) is 24.2. The van der Waals surface area contributed by atoms with E-state index in [0.29, 0.717) is 19.0 Å². The van der Waals surface area contributed by atoms with Crippen molar-refractivity contribution in [3.8, 4) is 0 Å². The number of carbonyl (C=O) groups is 1. The van der Waals surface area contributed by atoms with E-state index in [4.69, 9.17) is 4.18 Å². The van der Waals surface area contributed by atoms with Crippen molar-refractivity contribution in [2.75, 3.05) is 13.1 Å². The van der Waals surface area contributed by atoms with Gasteiger partial charge in [-0.05, 0) is 18.8 Å². The van der Waals surface area contributed by atoms with Crippen molar-refractivity contribution in [2.24, 2.45) is 5.92 Å². The summed E-state index contributed by atoms with van der Waals surface area (Å²) in [4.78, 5) is 12.9. The van der Waals surface area contributed by atoms with Gasteiger partial charge in [-0.25, -0.2) is 0 Å². The SMILES string of the molecule is CC(C)CN1C(=O)CNC1OS. The van der Waals surface area contributed by atoms with Crippen LogP contribution in [0.25, 0.3) is 0 Å². The highest BCUT2D eigenvalue weighted by Crippen LogP contribution is 2.10. The van der Waals surface area contributed by atoms with Crippen LogP contribution in [0, 0.1) is 5.92 Å². The molecule has 1 atom stereocenters. The molecular formula is C7H14N2O2S. The quantitative estimate of drug-likeness (QED) is 0.494. The molecular weight excluding hydrogens is 176 g/mol. The van der Waals surface area contributed by atoms with Gasteiger partial charge in [-0.2, -0.15) is 0 Å². The van der Waals surface area contributed by atoms with Gasteiger partial charge in [-0.1, -0.05) is 13.8 Å². The molecule has 0 aromatic carbocycles. The number of thiol groups is 1. The first-order chi connectivity index (χ1) is 5.65. The lowest BCUT2D eigenvalue weighted by Gasteiger charge is -2.23. The standard InChI is InChI=1S/C7H14N2O2S/c1-5(2)4-9-6(10)3-8-7(9)11-12/h5,7-8,12H,3-4H2,1-2H3. The first kappa shape index (κ1) is 9.83. The molecule has 0 bridgehead atoms. The van der Waals surface area contributed by atoms with Gasteiger partial charge in [0.1, 0.15) is 0 Å². The molecule has 0 radical (unpaired) electrons. The monoisotopic (exact) mass is 190 g/mol. The van der Waals surface area contributed by atoms with Crippen LogP contribution in [0.5, 0.6) is 0 Å². The molecule has 0 aliphatic carbocycles. The van der Waals surface area contributed by atoms with Gasteiger partial charge < -0.3 is 4.90 Å². The molecule has 1 heterocycles. The summed E-state index contributed by atoms with van der Waals surface area (Å²) >= 11 is 3.68. The zero-order valence-electron chi connectivity index (χ0n) is 7.28. The van der Waals surface area contributed by atoms with Gasteiger partial charge in [-0.3, -0.25) is 14.3 Å². The molecule has 5 heteroatoms. The second-order valence-corrected chi connectivity index (χ2v) is 3.49. The predicted octanol–water partition coefficient (Wildman–Crippen LogP) is 0.219. The number of hydrogen-bond acceptors (Lipinski definition) is 4. The molecule has 1 aliphatic heterocycles. The van der Waals surface area contributed by atoms with Gasteiger partial charge in [0.05, 0.1) is 6.54 Å². The van der Waals surface area contributed by atoms with Crippen molar-refractivity contribution >= 4 is 18.8 Å². The second kappa shape index (κ2) is 4.11. The van der Waals surface area contributed by atoms with Crippen LogP contribution in [0.15, 0.2) is 0 Å². The van der Waals surface area contributed by atoms with Gasteiger partial charge >= 0.3 is 0 Å². The minimum Gasteiger partial charge on any atom is -0.302 e. The van der Waals surface area contributed by atoms with E-state index in [2.05, 4.69) is 32.1 Å². The molecule has 1 N–H and O–H groups in total. The van der Waals surface area contributed by atoms with E-state index in [1.807, 2.05) is 0 Å². The molecule has 1 saturated heterocycles. The van der Waals surface area contributed by atoms with Crippen molar-refractivity contribution in [1.82, 2.24) is 10.2 Å². The first-order valence-corrected chi connectivity index (χ1v) is 4.34. The van der Waals surface area contributed by atoms with Crippen LogP contribution in [0.4, 0.5) is 0 Å². The summed E-state index contributed by atoms with van der Waals surface area (Å²) in [5, 5.41) is 2.89. The zero-order chi connectivity index (χ0) is 9.14. The first-order valence-electron chi connectivity index (χ1n) is 3.98. The summed E-state index contributed by atoms with van der Waals surface area (Å²) in [5.41, 5.74) is 0. The average molecular weight is 190 g/mol. The summed E-state index contributed by atoms with van der Waals surface area (Å²) in [6.45, 7) is 5.16. The van der Waals surface area contributed by atoms with E-state index < -0.39 is 0 Å². The highest BCUT2D eigenvalue weighted by atomic mass is 32.1. The van der Waals surface area contributed by atoms with E-state index >= 15 is 0 Å². The summed E-state index contributed by atoms with van der Waals surface area (Å²) in [5.74, 6) is 0.516.